The molecule has 3 aromatic rings. The van der Waals surface area contributed by atoms with E-state index in [1.54, 1.807) is 13.8 Å². The van der Waals surface area contributed by atoms with Gasteiger partial charge in [-0.2, -0.15) is 43.2 Å². The van der Waals surface area contributed by atoms with Crippen molar-refractivity contribution in [1.82, 2.24) is 0 Å². The zero-order chi connectivity index (χ0) is 27.6. The lowest BCUT2D eigenvalue weighted by Crippen LogP contribution is -2.52. The van der Waals surface area contributed by atoms with Crippen LogP contribution in [0.3, 0.4) is 0 Å². The summed E-state index contributed by atoms with van der Waals surface area (Å²) in [5.74, 6) is 0. The van der Waals surface area contributed by atoms with Crippen LogP contribution in [0.2, 0.25) is 0 Å². The smallest absolute Gasteiger partial charge is 0.167 e. The van der Waals surface area contributed by atoms with Crippen LogP contribution in [0.5, 0.6) is 0 Å². The summed E-state index contributed by atoms with van der Waals surface area (Å²) in [4.78, 5) is -0.989. The number of rotatable bonds is 4. The average molecular weight is 565 g/mol. The summed E-state index contributed by atoms with van der Waals surface area (Å²) in [6, 6.07) is 10.9. The summed E-state index contributed by atoms with van der Waals surface area (Å²) < 4.78 is 137. The number of hydrogen-bond donors (Lipinski definition) is 0. The molecule has 5 nitrogen and oxygen atoms in total. The zero-order valence-electron chi connectivity index (χ0n) is 19.4. The molecule has 0 N–H and O–H groups in total. The van der Waals surface area contributed by atoms with E-state index in [0.717, 1.165) is 24.3 Å². The van der Waals surface area contributed by atoms with Crippen LogP contribution >= 0.6 is 0 Å². The second-order valence-electron chi connectivity index (χ2n) is 8.83. The Balaban J connectivity index is 2.06. The molecule has 0 aromatic heterocycles. The number of hydrogen-bond acceptors (Lipinski definition) is 4. The molecule has 0 fully saturated rings. The maximum absolute atomic E-state index is 14.0. The van der Waals surface area contributed by atoms with Gasteiger partial charge in [0.2, 0.25) is 0 Å². The summed E-state index contributed by atoms with van der Waals surface area (Å²) in [6.45, 7) is 0.914. The van der Waals surface area contributed by atoms with Gasteiger partial charge in [-0.05, 0) is 44.2 Å². The summed E-state index contributed by atoms with van der Waals surface area (Å²) in [6.07, 6.45) is -10.9. The van der Waals surface area contributed by atoms with Crippen LogP contribution in [0.15, 0.2) is 70.5 Å². The van der Waals surface area contributed by atoms with E-state index in [2.05, 4.69) is 0 Å². The van der Waals surface area contributed by atoms with E-state index in [9.17, 15) is 43.2 Å². The molecule has 1 aliphatic rings. The lowest BCUT2D eigenvalue weighted by molar-refractivity contribution is -0.694. The van der Waals surface area contributed by atoms with Crippen molar-refractivity contribution in [3.8, 4) is 0 Å². The molecule has 1 aliphatic heterocycles. The standard InChI is InChI=1S/C24H20F6NO4S2/c1-15-3-8-18(9-4-15)36(32,33)31(37(34,35)19-10-5-16(2)6-11-19)13-17-7-12-21(23(25,26)27)22(20(17)14-31)24(28,29)30/h3-12H,13-14H2,1-2H3/q+1. The molecule has 0 saturated heterocycles. The van der Waals surface area contributed by atoms with Crippen LogP contribution in [0.1, 0.15) is 33.4 Å². The molecular formula is C24H20F6NO4S2+. The highest BCUT2D eigenvalue weighted by Gasteiger charge is 2.61. The van der Waals surface area contributed by atoms with Gasteiger partial charge in [-0.1, -0.05) is 41.5 Å². The topological polar surface area (TPSA) is 68.3 Å². The molecular weight excluding hydrogens is 544 g/mol. The summed E-state index contributed by atoms with van der Waals surface area (Å²) in [7, 11) is -10.0. The van der Waals surface area contributed by atoms with Crippen LogP contribution in [0.25, 0.3) is 0 Å². The molecule has 0 bridgehead atoms. The summed E-state index contributed by atoms with van der Waals surface area (Å²) in [5.41, 5.74) is -4.31. The molecule has 13 heteroatoms. The van der Waals surface area contributed by atoms with Crippen molar-refractivity contribution in [1.29, 1.82) is 0 Å². The monoisotopic (exact) mass is 564 g/mol. The number of nitrogens with zero attached hydrogens (tertiary/aromatic N) is 1. The normalized spacial score (nSPS) is 16.0. The number of halogens is 6. The largest absolute Gasteiger partial charge is 0.417 e. The third-order valence-electron chi connectivity index (χ3n) is 6.32. The maximum Gasteiger partial charge on any atom is 0.417 e. The Kier molecular flexibility index (Phi) is 6.28. The van der Waals surface area contributed by atoms with Crippen LogP contribution in [0.4, 0.5) is 26.3 Å². The summed E-state index contributed by atoms with van der Waals surface area (Å²) in [5, 5.41) is 0. The first kappa shape index (κ1) is 27.1. The molecule has 0 atom stereocenters. The second-order valence-corrected chi connectivity index (χ2v) is 13.3. The lowest BCUT2D eigenvalue weighted by atomic mass is 9.97. The number of sulfonamides is 2. The average Bonchev–Trinajstić information content (AvgIpc) is 3.20. The van der Waals surface area contributed by atoms with Gasteiger partial charge in [0.25, 0.3) is 0 Å². The highest BCUT2D eigenvalue weighted by molar-refractivity contribution is 7.98. The Labute approximate surface area is 209 Å². The lowest BCUT2D eigenvalue weighted by Gasteiger charge is -2.31. The molecule has 198 valence electrons. The maximum atomic E-state index is 14.0. The molecule has 4 rings (SSSR count). The zero-order valence-corrected chi connectivity index (χ0v) is 21.0. The fourth-order valence-corrected chi connectivity index (χ4v) is 8.90. The third-order valence-corrected chi connectivity index (χ3v) is 11.5. The Morgan fingerprint density at radius 2 is 1.05 bits per heavy atom. The molecule has 0 unspecified atom stereocenters. The van der Waals surface area contributed by atoms with Gasteiger partial charge < -0.3 is 0 Å². The second kappa shape index (κ2) is 8.57. The fraction of sp³-hybridized carbons (Fsp3) is 0.250. The van der Waals surface area contributed by atoms with E-state index in [1.165, 1.54) is 24.3 Å². The molecule has 1 heterocycles. The number of alkyl halides is 6. The van der Waals surface area contributed by atoms with Crippen molar-refractivity contribution >= 4 is 20.0 Å². The van der Waals surface area contributed by atoms with Gasteiger partial charge in [0.05, 0.1) is 11.1 Å². The van der Waals surface area contributed by atoms with Crippen LogP contribution in [-0.4, -0.2) is 20.1 Å². The molecule has 37 heavy (non-hydrogen) atoms. The van der Waals surface area contributed by atoms with Gasteiger partial charge in [-0.15, -0.1) is 3.29 Å². The highest BCUT2D eigenvalue weighted by atomic mass is 32.3. The van der Waals surface area contributed by atoms with Crippen molar-refractivity contribution < 1.29 is 46.5 Å². The number of aryl methyl sites for hydroxylation is 2. The van der Waals surface area contributed by atoms with Crippen molar-refractivity contribution in [2.75, 3.05) is 0 Å². The van der Waals surface area contributed by atoms with Gasteiger partial charge in [0.15, 0.2) is 0 Å². The Hall–Kier alpha value is -2.90. The first-order valence-corrected chi connectivity index (χ1v) is 13.6. The first-order valence-electron chi connectivity index (χ1n) is 10.7. The predicted octanol–water partition coefficient (Wildman–Crippen LogP) is 5.95. The molecule has 0 spiro atoms. The highest BCUT2D eigenvalue weighted by Crippen LogP contribution is 2.50. The van der Waals surface area contributed by atoms with Crippen molar-refractivity contribution in [3.63, 3.8) is 0 Å². The Bertz CT molecular complexity index is 1500. The van der Waals surface area contributed by atoms with Crippen molar-refractivity contribution in [3.05, 3.63) is 94.0 Å². The Morgan fingerprint density at radius 1 is 0.622 bits per heavy atom. The number of quaternary nitrogens is 1. The molecule has 0 aliphatic carbocycles. The quantitative estimate of drug-likeness (QED) is 0.290. The molecule has 0 saturated carbocycles. The minimum atomic E-state index is -5.53. The summed E-state index contributed by atoms with van der Waals surface area (Å²) >= 11 is 0. The third kappa shape index (κ3) is 4.32. The fourth-order valence-electron chi connectivity index (χ4n) is 4.41. The van der Waals surface area contributed by atoms with Gasteiger partial charge in [0, 0.05) is 11.1 Å². The minimum Gasteiger partial charge on any atom is -0.167 e. The van der Waals surface area contributed by atoms with E-state index in [1.807, 2.05) is 0 Å². The van der Waals surface area contributed by atoms with Crippen LogP contribution < -0.4 is 0 Å². The number of fused-ring (bicyclic) bond motifs is 1. The first-order chi connectivity index (χ1) is 16.9. The number of benzene rings is 3. The van der Waals surface area contributed by atoms with Crippen LogP contribution in [-0.2, 0) is 45.5 Å². The van der Waals surface area contributed by atoms with E-state index in [4.69, 9.17) is 0 Å². The minimum absolute atomic E-state index is 0.207. The van der Waals surface area contributed by atoms with Gasteiger partial charge in [-0.3, -0.25) is 0 Å². The van der Waals surface area contributed by atoms with E-state index in [0.29, 0.717) is 17.2 Å². The van der Waals surface area contributed by atoms with E-state index >= 15 is 0 Å². The molecule has 3 aromatic carbocycles. The van der Waals surface area contributed by atoms with Crippen molar-refractivity contribution in [2.24, 2.45) is 0 Å². The SMILES string of the molecule is Cc1ccc(S(=O)(=O)[N+]2(S(=O)(=O)c3ccc(C)cc3)Cc3ccc(C(F)(F)F)c(C(F)(F)F)c3C2)cc1. The van der Waals surface area contributed by atoms with Gasteiger partial charge in [0.1, 0.15) is 22.9 Å². The van der Waals surface area contributed by atoms with Crippen LogP contribution in [0, 0.1) is 13.8 Å². The predicted molar refractivity (Wildman–Crippen MR) is 121 cm³/mol. The van der Waals surface area contributed by atoms with Gasteiger partial charge >= 0.3 is 32.4 Å². The van der Waals surface area contributed by atoms with Gasteiger partial charge in [-0.25, -0.2) is 0 Å². The Morgan fingerprint density at radius 3 is 1.43 bits per heavy atom. The van der Waals surface area contributed by atoms with E-state index in [-0.39, 0.29) is 6.07 Å². The van der Waals surface area contributed by atoms with Crippen molar-refractivity contribution in [2.45, 2.75) is 49.1 Å². The van der Waals surface area contributed by atoms with E-state index < -0.39 is 80.8 Å². The molecule has 0 radical (unpaired) electrons. The molecule has 0 amide bonds.